The molecule has 1 saturated carbocycles. The highest BCUT2D eigenvalue weighted by molar-refractivity contribution is 5.83. The molecular formula is C21H19F4N3O3. The fourth-order valence-corrected chi connectivity index (χ4v) is 4.10. The first-order chi connectivity index (χ1) is 14.7. The first-order valence-electron chi connectivity index (χ1n) is 9.80. The molecular weight excluding hydrogens is 418 g/mol. The number of hydrogen-bond donors (Lipinski definition) is 0. The number of nitro benzene ring substituents is 1. The van der Waals surface area contributed by atoms with Gasteiger partial charge in [0.15, 0.2) is 0 Å². The van der Waals surface area contributed by atoms with Gasteiger partial charge in [-0.2, -0.15) is 13.2 Å². The van der Waals surface area contributed by atoms with Crippen LogP contribution in [0.5, 0.6) is 0 Å². The molecule has 1 saturated heterocycles. The average molecular weight is 437 g/mol. The van der Waals surface area contributed by atoms with Gasteiger partial charge in [0, 0.05) is 38.2 Å². The number of amides is 1. The lowest BCUT2D eigenvalue weighted by molar-refractivity contribution is -0.384. The zero-order valence-electron chi connectivity index (χ0n) is 16.3. The van der Waals surface area contributed by atoms with E-state index >= 15 is 0 Å². The van der Waals surface area contributed by atoms with Crippen molar-refractivity contribution in [3.63, 3.8) is 0 Å². The van der Waals surface area contributed by atoms with E-state index in [4.69, 9.17) is 0 Å². The number of rotatable bonds is 4. The molecule has 2 aromatic carbocycles. The highest BCUT2D eigenvalue weighted by atomic mass is 19.4. The fraction of sp³-hybridized carbons (Fsp3) is 0.381. The second-order valence-electron chi connectivity index (χ2n) is 7.74. The third-order valence-corrected chi connectivity index (χ3v) is 5.84. The van der Waals surface area contributed by atoms with Crippen LogP contribution in [-0.4, -0.2) is 41.9 Å². The standard InChI is InChI=1S/C21H19F4N3O3/c22-17-4-2-1-3-14(17)15-12-16(15)20(29)27-9-7-26(8-10-27)18-6-5-13(21(23,24)25)11-19(18)28(30)31/h1-6,11,15-16H,7-10,12H2. The van der Waals surface area contributed by atoms with Crippen LogP contribution in [0.4, 0.5) is 28.9 Å². The summed E-state index contributed by atoms with van der Waals surface area (Å²) in [4.78, 5) is 26.5. The highest BCUT2D eigenvalue weighted by Gasteiger charge is 2.47. The summed E-state index contributed by atoms with van der Waals surface area (Å²) in [5.41, 5.74) is -1.07. The molecule has 2 aliphatic rings. The Hall–Kier alpha value is -3.17. The Morgan fingerprint density at radius 1 is 1.06 bits per heavy atom. The van der Waals surface area contributed by atoms with Gasteiger partial charge in [-0.15, -0.1) is 0 Å². The van der Waals surface area contributed by atoms with Crippen LogP contribution < -0.4 is 4.90 Å². The van der Waals surface area contributed by atoms with Crippen LogP contribution in [-0.2, 0) is 11.0 Å². The molecule has 2 unspecified atom stereocenters. The summed E-state index contributed by atoms with van der Waals surface area (Å²) in [7, 11) is 0. The summed E-state index contributed by atoms with van der Waals surface area (Å²) in [6.07, 6.45) is -4.10. The Balaban J connectivity index is 1.42. The quantitative estimate of drug-likeness (QED) is 0.409. The molecule has 1 aliphatic carbocycles. The first-order valence-corrected chi connectivity index (χ1v) is 9.80. The maximum Gasteiger partial charge on any atom is 0.416 e. The molecule has 0 spiro atoms. The summed E-state index contributed by atoms with van der Waals surface area (Å²) in [5, 5.41) is 11.3. The van der Waals surface area contributed by atoms with E-state index in [2.05, 4.69) is 0 Å². The van der Waals surface area contributed by atoms with Gasteiger partial charge < -0.3 is 9.80 Å². The third kappa shape index (κ3) is 4.19. The predicted octanol–water partition coefficient (Wildman–Crippen LogP) is 4.21. The molecule has 2 atom stereocenters. The average Bonchev–Trinajstić information content (AvgIpc) is 3.53. The maximum absolute atomic E-state index is 13.9. The van der Waals surface area contributed by atoms with Gasteiger partial charge in [-0.25, -0.2) is 4.39 Å². The Bertz CT molecular complexity index is 1020. The van der Waals surface area contributed by atoms with Crippen molar-refractivity contribution in [3.8, 4) is 0 Å². The molecule has 10 heteroatoms. The number of hydrogen-bond acceptors (Lipinski definition) is 4. The number of anilines is 1. The Labute approximate surface area is 175 Å². The normalized spacial score (nSPS) is 21.2. The van der Waals surface area contributed by atoms with E-state index in [0.717, 1.165) is 12.1 Å². The van der Waals surface area contributed by atoms with Gasteiger partial charge in [0.05, 0.1) is 10.5 Å². The van der Waals surface area contributed by atoms with E-state index in [0.29, 0.717) is 18.1 Å². The molecule has 0 bridgehead atoms. The van der Waals surface area contributed by atoms with Crippen molar-refractivity contribution in [2.75, 3.05) is 31.1 Å². The van der Waals surface area contributed by atoms with Crippen LogP contribution in [0.3, 0.4) is 0 Å². The lowest BCUT2D eigenvalue weighted by Gasteiger charge is -2.36. The van der Waals surface area contributed by atoms with Crippen molar-refractivity contribution < 1.29 is 27.3 Å². The Morgan fingerprint density at radius 3 is 2.35 bits per heavy atom. The molecule has 4 rings (SSSR count). The molecule has 164 valence electrons. The minimum atomic E-state index is -4.67. The van der Waals surface area contributed by atoms with E-state index in [-0.39, 0.29) is 55.4 Å². The number of carbonyl (C=O) groups excluding carboxylic acids is 1. The highest BCUT2D eigenvalue weighted by Crippen LogP contribution is 2.49. The van der Waals surface area contributed by atoms with Crippen LogP contribution in [0.15, 0.2) is 42.5 Å². The van der Waals surface area contributed by atoms with Crippen LogP contribution >= 0.6 is 0 Å². The van der Waals surface area contributed by atoms with Crippen molar-refractivity contribution in [1.29, 1.82) is 0 Å². The second-order valence-corrected chi connectivity index (χ2v) is 7.74. The number of halogens is 4. The number of nitro groups is 1. The van der Waals surface area contributed by atoms with E-state index in [9.17, 15) is 32.5 Å². The van der Waals surface area contributed by atoms with Crippen molar-refractivity contribution in [1.82, 2.24) is 4.90 Å². The van der Waals surface area contributed by atoms with Gasteiger partial charge in [0.2, 0.25) is 5.91 Å². The molecule has 0 aromatic heterocycles. The van der Waals surface area contributed by atoms with Gasteiger partial charge in [-0.3, -0.25) is 14.9 Å². The van der Waals surface area contributed by atoms with Gasteiger partial charge >= 0.3 is 6.18 Å². The van der Waals surface area contributed by atoms with Crippen molar-refractivity contribution in [2.24, 2.45) is 5.92 Å². The Morgan fingerprint density at radius 2 is 1.74 bits per heavy atom. The number of piperazine rings is 1. The summed E-state index contributed by atoms with van der Waals surface area (Å²) in [6, 6.07) is 8.83. The summed E-state index contributed by atoms with van der Waals surface area (Å²) in [5.74, 6) is -0.858. The molecule has 2 fully saturated rings. The lowest BCUT2D eigenvalue weighted by Crippen LogP contribution is -2.49. The molecule has 1 aliphatic heterocycles. The van der Waals surface area contributed by atoms with Crippen LogP contribution in [0.1, 0.15) is 23.5 Å². The van der Waals surface area contributed by atoms with Gasteiger partial charge in [-0.05, 0) is 36.1 Å². The molecule has 1 amide bonds. The summed E-state index contributed by atoms with van der Waals surface area (Å²) < 4.78 is 52.7. The van der Waals surface area contributed by atoms with E-state index in [1.807, 2.05) is 0 Å². The smallest absolute Gasteiger partial charge is 0.362 e. The zero-order chi connectivity index (χ0) is 22.3. The number of benzene rings is 2. The monoisotopic (exact) mass is 437 g/mol. The van der Waals surface area contributed by atoms with Gasteiger partial charge in [-0.1, -0.05) is 18.2 Å². The summed E-state index contributed by atoms with van der Waals surface area (Å²) in [6.45, 7) is 1.10. The van der Waals surface area contributed by atoms with E-state index < -0.39 is 22.4 Å². The minimum absolute atomic E-state index is 0.0881. The number of carbonyl (C=O) groups is 1. The van der Waals surface area contributed by atoms with Crippen molar-refractivity contribution in [3.05, 3.63) is 69.5 Å². The molecule has 2 aromatic rings. The molecule has 6 nitrogen and oxygen atoms in total. The molecule has 0 N–H and O–H groups in total. The number of nitrogens with zero attached hydrogens (tertiary/aromatic N) is 3. The SMILES string of the molecule is O=C(C1CC1c1ccccc1F)N1CCN(c2ccc(C(F)(F)F)cc2[N+](=O)[O-])CC1. The summed E-state index contributed by atoms with van der Waals surface area (Å²) >= 11 is 0. The first kappa shape index (κ1) is 21.1. The zero-order valence-corrected chi connectivity index (χ0v) is 16.3. The largest absolute Gasteiger partial charge is 0.416 e. The van der Waals surface area contributed by atoms with Crippen LogP contribution in [0, 0.1) is 21.8 Å². The predicted molar refractivity (Wildman–Crippen MR) is 104 cm³/mol. The van der Waals surface area contributed by atoms with Crippen molar-refractivity contribution in [2.45, 2.75) is 18.5 Å². The third-order valence-electron chi connectivity index (χ3n) is 5.84. The van der Waals surface area contributed by atoms with Crippen LogP contribution in [0.2, 0.25) is 0 Å². The number of alkyl halides is 3. The van der Waals surface area contributed by atoms with E-state index in [1.165, 1.54) is 6.07 Å². The Kier molecular flexibility index (Phi) is 5.32. The lowest BCUT2D eigenvalue weighted by atomic mass is 10.1. The molecule has 31 heavy (non-hydrogen) atoms. The molecule has 0 radical (unpaired) electrons. The van der Waals surface area contributed by atoms with E-state index in [1.54, 1.807) is 28.0 Å². The van der Waals surface area contributed by atoms with Gasteiger partial charge in [0.25, 0.3) is 5.69 Å². The fourth-order valence-electron chi connectivity index (χ4n) is 4.10. The second kappa shape index (κ2) is 7.82. The van der Waals surface area contributed by atoms with Gasteiger partial charge in [0.1, 0.15) is 11.5 Å². The molecule has 1 heterocycles. The maximum atomic E-state index is 13.9. The van der Waals surface area contributed by atoms with Crippen molar-refractivity contribution >= 4 is 17.3 Å². The van der Waals surface area contributed by atoms with Crippen LogP contribution in [0.25, 0.3) is 0 Å². The minimum Gasteiger partial charge on any atom is -0.362 e. The topological polar surface area (TPSA) is 66.7 Å².